The minimum absolute atomic E-state index is 0.0163. The average Bonchev–Trinajstić information content (AvgIpc) is 3.34. The lowest BCUT2D eigenvalue weighted by molar-refractivity contribution is -0.149. The number of imide groups is 1. The van der Waals surface area contributed by atoms with E-state index in [1.54, 1.807) is 22.2 Å². The summed E-state index contributed by atoms with van der Waals surface area (Å²) in [5.74, 6) is -2.12. The van der Waals surface area contributed by atoms with Crippen molar-refractivity contribution >= 4 is 46.6 Å². The fourth-order valence-corrected chi connectivity index (χ4v) is 5.27. The molecule has 1 aromatic carbocycles. The number of thiazole rings is 1. The van der Waals surface area contributed by atoms with Crippen LogP contribution in [0.25, 0.3) is 0 Å². The maximum atomic E-state index is 12.5. The molecule has 2 heterocycles. The first-order valence-electron chi connectivity index (χ1n) is 10.9. The van der Waals surface area contributed by atoms with Gasteiger partial charge in [-0.15, -0.1) is 11.3 Å². The van der Waals surface area contributed by atoms with Crippen LogP contribution in [0.1, 0.15) is 37.7 Å². The Morgan fingerprint density at radius 1 is 1.12 bits per heavy atom. The monoisotopic (exact) mass is 489 g/mol. The van der Waals surface area contributed by atoms with E-state index in [9.17, 15) is 19.2 Å². The molecule has 0 spiro atoms. The molecule has 3 amide bonds. The smallest absolute Gasteiger partial charge is 0.308 e. The maximum absolute atomic E-state index is 12.5. The molecule has 2 aliphatic rings. The summed E-state index contributed by atoms with van der Waals surface area (Å²) < 4.78 is 6.81. The van der Waals surface area contributed by atoms with Crippen molar-refractivity contribution in [3.8, 4) is 0 Å². The summed E-state index contributed by atoms with van der Waals surface area (Å²) in [6.45, 7) is -0.0669. The second kappa shape index (κ2) is 10.4. The SMILES string of the molecule is O=C(COC(=O)CCN1C(=O)[C@@H]2CCCC[C@H]2C1=O)N=c1sccn1Cc1ccccc1Cl. The predicted molar refractivity (Wildman–Crippen MR) is 121 cm³/mol. The van der Waals surface area contributed by atoms with Gasteiger partial charge in [0, 0.05) is 23.1 Å². The standard InChI is InChI=1S/C23H24ClN3O5S/c24-18-8-4-1-5-15(18)13-26-11-12-33-23(26)25-19(28)14-32-20(29)9-10-27-21(30)16-6-2-3-7-17(16)22(27)31/h1,4-5,8,11-12,16-17H,2-3,6-7,9-10,13-14H2/t16-,17-/m1/s1. The Kier molecular flexibility index (Phi) is 7.39. The summed E-state index contributed by atoms with van der Waals surface area (Å²) in [7, 11) is 0. The largest absolute Gasteiger partial charge is 0.455 e. The fourth-order valence-electron chi connectivity index (χ4n) is 4.33. The number of rotatable bonds is 7. The van der Waals surface area contributed by atoms with Gasteiger partial charge in [0.2, 0.25) is 11.8 Å². The molecule has 1 aliphatic carbocycles. The third kappa shape index (κ3) is 5.42. The number of ether oxygens (including phenoxy) is 1. The molecular weight excluding hydrogens is 466 g/mol. The molecule has 4 rings (SSSR count). The quantitative estimate of drug-likeness (QED) is 0.440. The number of esters is 1. The molecule has 2 aromatic rings. The van der Waals surface area contributed by atoms with Crippen LogP contribution in [0.3, 0.4) is 0 Å². The Bertz CT molecular complexity index is 1120. The van der Waals surface area contributed by atoms with Crippen LogP contribution in [0, 0.1) is 11.8 Å². The van der Waals surface area contributed by atoms with Crippen LogP contribution in [0.15, 0.2) is 40.8 Å². The van der Waals surface area contributed by atoms with Gasteiger partial charge in [0.05, 0.1) is 24.8 Å². The summed E-state index contributed by atoms with van der Waals surface area (Å²) in [4.78, 5) is 54.9. The molecule has 1 aromatic heterocycles. The summed E-state index contributed by atoms with van der Waals surface area (Å²) >= 11 is 7.49. The van der Waals surface area contributed by atoms with Crippen LogP contribution < -0.4 is 4.80 Å². The summed E-state index contributed by atoms with van der Waals surface area (Å²) in [5.41, 5.74) is 0.892. The molecule has 10 heteroatoms. The van der Waals surface area contributed by atoms with Gasteiger partial charge >= 0.3 is 5.97 Å². The maximum Gasteiger partial charge on any atom is 0.308 e. The van der Waals surface area contributed by atoms with Crippen molar-refractivity contribution in [2.24, 2.45) is 16.8 Å². The number of halogens is 1. The first kappa shape index (κ1) is 23.4. The van der Waals surface area contributed by atoms with Gasteiger partial charge in [0.25, 0.3) is 5.91 Å². The number of amides is 3. The minimum Gasteiger partial charge on any atom is -0.455 e. The first-order valence-corrected chi connectivity index (χ1v) is 12.2. The fraction of sp³-hybridized carbons (Fsp3) is 0.435. The summed E-state index contributed by atoms with van der Waals surface area (Å²) in [6.07, 6.45) is 5.01. The first-order chi connectivity index (χ1) is 15.9. The van der Waals surface area contributed by atoms with Crippen molar-refractivity contribution in [1.29, 1.82) is 0 Å². The normalized spacial score (nSPS) is 20.8. The Morgan fingerprint density at radius 2 is 1.82 bits per heavy atom. The molecule has 0 unspecified atom stereocenters. The van der Waals surface area contributed by atoms with Crippen molar-refractivity contribution in [1.82, 2.24) is 9.47 Å². The van der Waals surface area contributed by atoms with Gasteiger partial charge in [-0.25, -0.2) is 0 Å². The number of carbonyl (C=O) groups is 4. The zero-order valence-corrected chi connectivity index (χ0v) is 19.5. The lowest BCUT2D eigenvalue weighted by Gasteiger charge is -2.19. The Labute approximate surface area is 199 Å². The number of nitrogens with zero attached hydrogens (tertiary/aromatic N) is 3. The highest BCUT2D eigenvalue weighted by Crippen LogP contribution is 2.37. The number of fused-ring (bicyclic) bond motifs is 1. The molecule has 0 N–H and O–H groups in total. The van der Waals surface area contributed by atoms with E-state index in [1.807, 2.05) is 18.2 Å². The molecule has 1 saturated heterocycles. The highest BCUT2D eigenvalue weighted by Gasteiger charge is 2.47. The number of carbonyl (C=O) groups excluding carboxylic acids is 4. The number of hydrogen-bond acceptors (Lipinski definition) is 6. The molecule has 2 fully saturated rings. The van der Waals surface area contributed by atoms with Crippen molar-refractivity contribution in [3.05, 3.63) is 51.2 Å². The highest BCUT2D eigenvalue weighted by atomic mass is 35.5. The van der Waals surface area contributed by atoms with Crippen LogP contribution in [0.5, 0.6) is 0 Å². The highest BCUT2D eigenvalue weighted by molar-refractivity contribution is 7.07. The van der Waals surface area contributed by atoms with Crippen LogP contribution in [-0.4, -0.2) is 46.3 Å². The second-order valence-electron chi connectivity index (χ2n) is 8.15. The van der Waals surface area contributed by atoms with Crippen LogP contribution >= 0.6 is 22.9 Å². The van der Waals surface area contributed by atoms with Crippen molar-refractivity contribution in [3.63, 3.8) is 0 Å². The summed E-state index contributed by atoms with van der Waals surface area (Å²) in [6, 6.07) is 7.41. The van der Waals surface area contributed by atoms with E-state index in [4.69, 9.17) is 16.3 Å². The van der Waals surface area contributed by atoms with Crippen molar-refractivity contribution in [2.75, 3.05) is 13.2 Å². The lowest BCUT2D eigenvalue weighted by Crippen LogP contribution is -2.33. The van der Waals surface area contributed by atoms with E-state index >= 15 is 0 Å². The lowest BCUT2D eigenvalue weighted by atomic mass is 9.81. The van der Waals surface area contributed by atoms with Gasteiger partial charge in [-0.3, -0.25) is 24.1 Å². The number of hydrogen-bond donors (Lipinski definition) is 0. The van der Waals surface area contributed by atoms with Gasteiger partial charge in [-0.1, -0.05) is 42.6 Å². The molecule has 1 aliphatic heterocycles. The average molecular weight is 490 g/mol. The minimum atomic E-state index is -0.649. The molecule has 0 radical (unpaired) electrons. The summed E-state index contributed by atoms with van der Waals surface area (Å²) in [5, 5.41) is 2.42. The zero-order valence-electron chi connectivity index (χ0n) is 17.9. The predicted octanol–water partition coefficient (Wildman–Crippen LogP) is 2.79. The van der Waals surface area contributed by atoms with E-state index in [1.165, 1.54) is 16.2 Å². The van der Waals surface area contributed by atoms with E-state index in [2.05, 4.69) is 4.99 Å². The number of aromatic nitrogens is 1. The van der Waals surface area contributed by atoms with Crippen LogP contribution in [-0.2, 0) is 30.5 Å². The van der Waals surface area contributed by atoms with Gasteiger partial charge in [-0.2, -0.15) is 4.99 Å². The second-order valence-corrected chi connectivity index (χ2v) is 9.43. The number of likely N-dealkylation sites (tertiary alicyclic amines) is 1. The van der Waals surface area contributed by atoms with E-state index in [0.29, 0.717) is 16.4 Å². The van der Waals surface area contributed by atoms with E-state index in [0.717, 1.165) is 31.2 Å². The van der Waals surface area contributed by atoms with Gasteiger partial charge < -0.3 is 9.30 Å². The Hall–Kier alpha value is -2.78. The third-order valence-corrected chi connectivity index (χ3v) is 7.17. The molecule has 33 heavy (non-hydrogen) atoms. The van der Waals surface area contributed by atoms with Gasteiger partial charge in [-0.05, 0) is 24.5 Å². The molecular formula is C23H24ClN3O5S. The molecule has 8 nitrogen and oxygen atoms in total. The van der Waals surface area contributed by atoms with Crippen LogP contribution in [0.2, 0.25) is 5.02 Å². The van der Waals surface area contributed by atoms with Crippen molar-refractivity contribution in [2.45, 2.75) is 38.6 Å². The van der Waals surface area contributed by atoms with E-state index in [-0.39, 0.29) is 36.6 Å². The van der Waals surface area contributed by atoms with Crippen LogP contribution in [0.4, 0.5) is 0 Å². The number of benzene rings is 1. The molecule has 174 valence electrons. The van der Waals surface area contributed by atoms with Gasteiger partial charge in [0.1, 0.15) is 0 Å². The molecule has 0 bridgehead atoms. The Morgan fingerprint density at radius 3 is 2.52 bits per heavy atom. The zero-order chi connectivity index (χ0) is 23.4. The van der Waals surface area contributed by atoms with E-state index < -0.39 is 18.5 Å². The molecule has 2 atom stereocenters. The third-order valence-electron chi connectivity index (χ3n) is 6.01. The van der Waals surface area contributed by atoms with Gasteiger partial charge in [0.15, 0.2) is 11.4 Å². The topological polar surface area (TPSA) is 98.0 Å². The Balaban J connectivity index is 1.28. The van der Waals surface area contributed by atoms with Crippen molar-refractivity contribution < 1.29 is 23.9 Å². The molecule has 1 saturated carbocycles.